The number of nitrogens with zero attached hydrogens (tertiary/aromatic N) is 3. The predicted octanol–water partition coefficient (Wildman–Crippen LogP) is 1.66. The number of methoxy groups -OCH3 is 1. The Morgan fingerprint density at radius 1 is 1.17 bits per heavy atom. The first kappa shape index (κ1) is 16.7. The lowest BCUT2D eigenvalue weighted by atomic mass is 10.2. The number of ether oxygens (including phenoxy) is 1. The minimum absolute atomic E-state index is 0.219. The van der Waals surface area contributed by atoms with Gasteiger partial charge in [-0.25, -0.2) is 9.97 Å². The van der Waals surface area contributed by atoms with E-state index in [1.807, 2.05) is 43.3 Å². The molecule has 0 aliphatic carbocycles. The lowest BCUT2D eigenvalue weighted by molar-refractivity contribution is 0.0936. The molecule has 1 aromatic heterocycles. The second-order valence-electron chi connectivity index (χ2n) is 5.11. The molecule has 2 aromatic rings. The third-order valence-electron chi connectivity index (χ3n) is 3.15. The molecule has 7 heteroatoms. The van der Waals surface area contributed by atoms with Gasteiger partial charge in [0, 0.05) is 51.5 Å². The van der Waals surface area contributed by atoms with Gasteiger partial charge in [-0.05, 0) is 24.3 Å². The molecule has 1 amide bonds. The first-order valence-electron chi connectivity index (χ1n) is 7.23. The molecule has 23 heavy (non-hydrogen) atoms. The van der Waals surface area contributed by atoms with Crippen LogP contribution in [0.4, 0.5) is 17.3 Å². The monoisotopic (exact) mass is 315 g/mol. The smallest absolute Gasteiger partial charge is 0.254 e. The SMILES string of the molecule is COCCNC(=O)c1cnc(Nc2ccc(N(C)C)cc2)nc1. The second-order valence-corrected chi connectivity index (χ2v) is 5.11. The van der Waals surface area contributed by atoms with Crippen LogP contribution < -0.4 is 15.5 Å². The van der Waals surface area contributed by atoms with E-state index < -0.39 is 0 Å². The van der Waals surface area contributed by atoms with Crippen molar-refractivity contribution in [2.75, 3.05) is 44.6 Å². The Balaban J connectivity index is 1.95. The summed E-state index contributed by atoms with van der Waals surface area (Å²) >= 11 is 0. The summed E-state index contributed by atoms with van der Waals surface area (Å²) in [5.74, 6) is 0.222. The molecule has 0 saturated heterocycles. The van der Waals surface area contributed by atoms with Crippen LogP contribution in [-0.4, -0.2) is 50.2 Å². The molecule has 0 atom stereocenters. The van der Waals surface area contributed by atoms with Crippen LogP contribution in [0.25, 0.3) is 0 Å². The maximum absolute atomic E-state index is 11.8. The standard InChI is InChI=1S/C16H21N5O2/c1-21(2)14-6-4-13(5-7-14)20-16-18-10-12(11-19-16)15(22)17-8-9-23-3/h4-7,10-11H,8-9H2,1-3H3,(H,17,22)(H,18,19,20). The van der Waals surface area contributed by atoms with Crippen molar-refractivity contribution in [2.24, 2.45) is 0 Å². The fourth-order valence-corrected chi connectivity index (χ4v) is 1.85. The van der Waals surface area contributed by atoms with Gasteiger partial charge >= 0.3 is 0 Å². The topological polar surface area (TPSA) is 79.4 Å². The van der Waals surface area contributed by atoms with E-state index in [4.69, 9.17) is 4.74 Å². The summed E-state index contributed by atoms with van der Waals surface area (Å²) in [4.78, 5) is 22.2. The van der Waals surface area contributed by atoms with Crippen molar-refractivity contribution >= 4 is 23.2 Å². The lowest BCUT2D eigenvalue weighted by Crippen LogP contribution is -2.27. The third-order valence-corrected chi connectivity index (χ3v) is 3.15. The van der Waals surface area contributed by atoms with Gasteiger partial charge in [-0.3, -0.25) is 4.79 Å². The number of aromatic nitrogens is 2. The Bertz CT molecular complexity index is 626. The first-order valence-corrected chi connectivity index (χ1v) is 7.23. The Hall–Kier alpha value is -2.67. The van der Waals surface area contributed by atoms with E-state index in [0.29, 0.717) is 24.7 Å². The summed E-state index contributed by atoms with van der Waals surface area (Å²) in [5.41, 5.74) is 2.40. The van der Waals surface area contributed by atoms with E-state index in [9.17, 15) is 4.79 Å². The fourth-order valence-electron chi connectivity index (χ4n) is 1.85. The predicted molar refractivity (Wildman–Crippen MR) is 90.3 cm³/mol. The van der Waals surface area contributed by atoms with E-state index >= 15 is 0 Å². The average Bonchev–Trinajstić information content (AvgIpc) is 2.56. The van der Waals surface area contributed by atoms with Crippen molar-refractivity contribution in [1.29, 1.82) is 0 Å². The molecule has 2 N–H and O–H groups in total. The zero-order chi connectivity index (χ0) is 16.7. The van der Waals surface area contributed by atoms with E-state index in [-0.39, 0.29) is 5.91 Å². The normalized spacial score (nSPS) is 10.2. The largest absolute Gasteiger partial charge is 0.383 e. The molecule has 7 nitrogen and oxygen atoms in total. The van der Waals surface area contributed by atoms with E-state index in [1.54, 1.807) is 7.11 Å². The van der Waals surface area contributed by atoms with Gasteiger partial charge < -0.3 is 20.3 Å². The molecule has 0 saturated carbocycles. The molecule has 0 unspecified atom stereocenters. The van der Waals surface area contributed by atoms with Crippen LogP contribution in [0.15, 0.2) is 36.7 Å². The number of amides is 1. The van der Waals surface area contributed by atoms with Crippen molar-refractivity contribution in [1.82, 2.24) is 15.3 Å². The van der Waals surface area contributed by atoms with E-state index in [0.717, 1.165) is 11.4 Å². The Labute approximate surface area is 135 Å². The summed E-state index contributed by atoms with van der Waals surface area (Å²) < 4.78 is 4.88. The molecule has 2 rings (SSSR count). The van der Waals surface area contributed by atoms with Crippen molar-refractivity contribution in [3.8, 4) is 0 Å². The minimum atomic E-state index is -0.219. The molecule has 0 radical (unpaired) electrons. The molecule has 1 heterocycles. The van der Waals surface area contributed by atoms with Gasteiger partial charge in [0.25, 0.3) is 5.91 Å². The molecule has 0 fully saturated rings. The maximum Gasteiger partial charge on any atom is 0.254 e. The van der Waals surface area contributed by atoms with Crippen molar-refractivity contribution in [2.45, 2.75) is 0 Å². The van der Waals surface area contributed by atoms with Crippen LogP contribution in [0.1, 0.15) is 10.4 Å². The zero-order valence-electron chi connectivity index (χ0n) is 13.5. The number of nitrogens with one attached hydrogen (secondary N) is 2. The number of benzene rings is 1. The van der Waals surface area contributed by atoms with Crippen LogP contribution in [0.3, 0.4) is 0 Å². The molecule has 0 aliphatic heterocycles. The zero-order valence-corrected chi connectivity index (χ0v) is 13.5. The summed E-state index contributed by atoms with van der Waals surface area (Å²) in [6, 6.07) is 7.90. The molecule has 1 aromatic carbocycles. The van der Waals surface area contributed by atoms with Crippen LogP contribution in [0.5, 0.6) is 0 Å². The summed E-state index contributed by atoms with van der Waals surface area (Å²) in [7, 11) is 5.56. The number of hydrogen-bond donors (Lipinski definition) is 2. The fraction of sp³-hybridized carbons (Fsp3) is 0.312. The highest BCUT2D eigenvalue weighted by Crippen LogP contribution is 2.17. The highest BCUT2D eigenvalue weighted by Gasteiger charge is 2.06. The number of rotatable bonds is 7. The summed E-state index contributed by atoms with van der Waals surface area (Å²) in [6.45, 7) is 0.919. The van der Waals surface area contributed by atoms with Gasteiger partial charge in [0.15, 0.2) is 0 Å². The Kier molecular flexibility index (Phi) is 5.87. The van der Waals surface area contributed by atoms with Gasteiger partial charge in [0.1, 0.15) is 0 Å². The number of carbonyl (C=O) groups is 1. The summed E-state index contributed by atoms with van der Waals surface area (Å²) in [5, 5.41) is 5.81. The Morgan fingerprint density at radius 3 is 2.39 bits per heavy atom. The van der Waals surface area contributed by atoms with Crippen LogP contribution in [0.2, 0.25) is 0 Å². The number of anilines is 3. The van der Waals surface area contributed by atoms with Gasteiger partial charge in [-0.15, -0.1) is 0 Å². The van der Waals surface area contributed by atoms with Crippen molar-refractivity contribution in [3.05, 3.63) is 42.2 Å². The highest BCUT2D eigenvalue weighted by atomic mass is 16.5. The summed E-state index contributed by atoms with van der Waals surface area (Å²) in [6.07, 6.45) is 2.98. The lowest BCUT2D eigenvalue weighted by Gasteiger charge is -2.13. The highest BCUT2D eigenvalue weighted by molar-refractivity contribution is 5.93. The Morgan fingerprint density at radius 2 is 1.83 bits per heavy atom. The van der Waals surface area contributed by atoms with E-state index in [2.05, 4.69) is 20.6 Å². The van der Waals surface area contributed by atoms with Gasteiger partial charge in [-0.2, -0.15) is 0 Å². The average molecular weight is 315 g/mol. The van der Waals surface area contributed by atoms with Gasteiger partial charge in [0.2, 0.25) is 5.95 Å². The molecule has 0 bridgehead atoms. The van der Waals surface area contributed by atoms with Gasteiger partial charge in [0.05, 0.1) is 12.2 Å². The minimum Gasteiger partial charge on any atom is -0.383 e. The van der Waals surface area contributed by atoms with Crippen molar-refractivity contribution in [3.63, 3.8) is 0 Å². The maximum atomic E-state index is 11.8. The van der Waals surface area contributed by atoms with Crippen molar-refractivity contribution < 1.29 is 9.53 Å². The molecular weight excluding hydrogens is 294 g/mol. The van der Waals surface area contributed by atoms with Crippen LogP contribution in [-0.2, 0) is 4.74 Å². The quantitative estimate of drug-likeness (QED) is 0.757. The molecule has 0 spiro atoms. The van der Waals surface area contributed by atoms with Crippen LogP contribution >= 0.6 is 0 Å². The molecular formula is C16H21N5O2. The van der Waals surface area contributed by atoms with Gasteiger partial charge in [-0.1, -0.05) is 0 Å². The molecule has 122 valence electrons. The third kappa shape index (κ3) is 4.93. The van der Waals surface area contributed by atoms with E-state index in [1.165, 1.54) is 12.4 Å². The molecule has 0 aliphatic rings. The first-order chi connectivity index (χ1) is 11.1. The number of carbonyl (C=O) groups excluding carboxylic acids is 1. The second kappa shape index (κ2) is 8.09. The number of hydrogen-bond acceptors (Lipinski definition) is 6. The van der Waals surface area contributed by atoms with Crippen LogP contribution in [0, 0.1) is 0 Å².